The van der Waals surface area contributed by atoms with E-state index in [1.165, 1.54) is 47.9 Å². The molecule has 1 aromatic carbocycles. The Morgan fingerprint density at radius 3 is 2.59 bits per heavy atom. The molecule has 12 heteroatoms. The lowest BCUT2D eigenvalue weighted by Crippen LogP contribution is -2.60. The van der Waals surface area contributed by atoms with Gasteiger partial charge in [0, 0.05) is 23.6 Å². The summed E-state index contributed by atoms with van der Waals surface area (Å²) in [6.45, 7) is 1.82. The number of aliphatic carboxylic acids is 1. The van der Waals surface area contributed by atoms with Gasteiger partial charge in [-0.05, 0) is 43.9 Å². The van der Waals surface area contributed by atoms with Crippen molar-refractivity contribution in [2.45, 2.75) is 44.3 Å². The summed E-state index contributed by atoms with van der Waals surface area (Å²) in [6, 6.07) is 5.68. The van der Waals surface area contributed by atoms with Gasteiger partial charge in [0.1, 0.15) is 17.7 Å². The zero-order valence-electron chi connectivity index (χ0n) is 17.2. The molecule has 2 unspecified atom stereocenters. The van der Waals surface area contributed by atoms with Crippen LogP contribution in [0.5, 0.6) is 0 Å². The lowest BCUT2D eigenvalue weighted by atomic mass is 9.92. The maximum Gasteiger partial charge on any atom is 0.407 e. The molecule has 0 bridgehead atoms. The Kier molecular flexibility index (Phi) is 7.36. The first-order valence-corrected chi connectivity index (χ1v) is 10.9. The number of non-ortho nitro benzene ring substituents is 1. The lowest BCUT2D eigenvalue weighted by molar-refractivity contribution is -0.384. The highest BCUT2D eigenvalue weighted by atomic mass is 32.2. The van der Waals surface area contributed by atoms with Crippen molar-refractivity contribution in [3.8, 4) is 0 Å². The summed E-state index contributed by atoms with van der Waals surface area (Å²) >= 11 is 1.30. The molecule has 0 aliphatic carbocycles. The fourth-order valence-electron chi connectivity index (χ4n) is 3.54. The fourth-order valence-corrected chi connectivity index (χ4v) is 5.20. The van der Waals surface area contributed by atoms with Gasteiger partial charge in [-0.3, -0.25) is 19.8 Å². The van der Waals surface area contributed by atoms with E-state index in [4.69, 9.17) is 4.74 Å². The number of nitrogens with zero attached hydrogens (tertiary/aromatic N) is 2. The van der Waals surface area contributed by atoms with E-state index < -0.39 is 29.0 Å². The van der Waals surface area contributed by atoms with E-state index in [1.807, 2.05) is 0 Å². The molecule has 0 saturated carbocycles. The zero-order chi connectivity index (χ0) is 23.4. The monoisotopic (exact) mass is 465 g/mol. The van der Waals surface area contributed by atoms with Gasteiger partial charge in [-0.1, -0.05) is 0 Å². The van der Waals surface area contributed by atoms with Crippen molar-refractivity contribution in [1.29, 1.82) is 0 Å². The van der Waals surface area contributed by atoms with Crippen LogP contribution < -0.4 is 5.32 Å². The molecule has 0 spiro atoms. The van der Waals surface area contributed by atoms with E-state index in [9.17, 15) is 34.7 Å². The van der Waals surface area contributed by atoms with Gasteiger partial charge in [-0.15, -0.1) is 11.8 Å². The van der Waals surface area contributed by atoms with Crippen molar-refractivity contribution in [3.63, 3.8) is 0 Å². The number of nitro groups is 1. The van der Waals surface area contributed by atoms with Gasteiger partial charge in [0.2, 0.25) is 5.91 Å². The number of carbonyl (C=O) groups excluding carboxylic acids is 2. The van der Waals surface area contributed by atoms with Gasteiger partial charge in [-0.25, -0.2) is 9.59 Å². The molecule has 1 aromatic rings. The first-order valence-electron chi connectivity index (χ1n) is 9.99. The molecule has 11 nitrogen and oxygen atoms in total. The largest absolute Gasteiger partial charge is 0.477 e. The average molecular weight is 465 g/mol. The molecular weight excluding hydrogens is 442 g/mol. The third-order valence-electron chi connectivity index (χ3n) is 5.19. The molecule has 32 heavy (non-hydrogen) atoms. The highest BCUT2D eigenvalue weighted by Gasteiger charge is 2.57. The van der Waals surface area contributed by atoms with Crippen LogP contribution in [0.2, 0.25) is 0 Å². The number of fused-ring (bicyclic) bond motifs is 1. The van der Waals surface area contributed by atoms with E-state index in [2.05, 4.69) is 5.32 Å². The van der Waals surface area contributed by atoms with Gasteiger partial charge in [0.05, 0.1) is 16.9 Å². The number of hydrogen-bond donors (Lipinski definition) is 3. The standard InChI is InChI=1S/C20H23N3O8S/c1-11(24)15-17(25)22-16(19(26)27)14(32-18(15)22)4-2-3-9-21-20(28)31-10-12-5-7-13(8-6-12)23(29)30/h5-8,11,15,18,24H,2-4,9-10H2,1H3,(H,21,28)(H,26,27)/t11?,15?,18-/m1/s1. The lowest BCUT2D eigenvalue weighted by Gasteiger charge is -2.43. The number of nitrogens with one attached hydrogen (secondary N) is 1. The molecule has 2 heterocycles. The summed E-state index contributed by atoms with van der Waals surface area (Å²) in [6.07, 6.45) is 0.140. The number of aliphatic hydroxyl groups excluding tert-OH is 1. The number of carboxylic acids is 1. The van der Waals surface area contributed by atoms with Gasteiger partial charge in [0.25, 0.3) is 5.69 Å². The van der Waals surface area contributed by atoms with Gasteiger partial charge >= 0.3 is 12.1 Å². The number of ether oxygens (including phenoxy) is 1. The molecule has 0 radical (unpaired) electrons. The Labute approximate surface area is 187 Å². The maximum absolute atomic E-state index is 12.2. The minimum atomic E-state index is -1.17. The van der Waals surface area contributed by atoms with Crippen LogP contribution in [0.1, 0.15) is 31.7 Å². The second kappa shape index (κ2) is 10.0. The minimum Gasteiger partial charge on any atom is -0.477 e. The number of unbranched alkanes of at least 4 members (excludes halogenated alkanes) is 1. The number of carboxylic acid groups (broad SMARTS) is 1. The average Bonchev–Trinajstić information content (AvgIpc) is 3.06. The second-order valence-electron chi connectivity index (χ2n) is 7.44. The zero-order valence-corrected chi connectivity index (χ0v) is 18.0. The summed E-state index contributed by atoms with van der Waals surface area (Å²) < 4.78 is 5.06. The predicted octanol–water partition coefficient (Wildman–Crippen LogP) is 2.20. The van der Waals surface area contributed by atoms with E-state index in [0.29, 0.717) is 36.3 Å². The molecule has 2 aliphatic rings. The summed E-state index contributed by atoms with van der Waals surface area (Å²) in [5, 5.41) is 32.1. The Balaban J connectivity index is 1.39. The number of rotatable bonds is 10. The Morgan fingerprint density at radius 2 is 2.00 bits per heavy atom. The molecular formula is C20H23N3O8S. The predicted molar refractivity (Wildman–Crippen MR) is 113 cm³/mol. The highest BCUT2D eigenvalue weighted by Crippen LogP contribution is 2.51. The van der Waals surface area contributed by atoms with Gasteiger partial charge in [0.15, 0.2) is 0 Å². The van der Waals surface area contributed by atoms with Crippen molar-refractivity contribution in [2.75, 3.05) is 6.54 Å². The highest BCUT2D eigenvalue weighted by molar-refractivity contribution is 8.04. The number of nitro benzene ring substituents is 1. The fraction of sp³-hybridized carbons (Fsp3) is 0.450. The smallest absolute Gasteiger partial charge is 0.407 e. The summed E-state index contributed by atoms with van der Waals surface area (Å²) in [4.78, 5) is 47.5. The summed E-state index contributed by atoms with van der Waals surface area (Å²) in [5.74, 6) is -2.14. The topological polar surface area (TPSA) is 159 Å². The van der Waals surface area contributed by atoms with Crippen LogP contribution in [0.15, 0.2) is 34.9 Å². The molecule has 2 aliphatic heterocycles. The third-order valence-corrected chi connectivity index (χ3v) is 6.62. The number of carbonyl (C=O) groups is 3. The maximum atomic E-state index is 12.2. The molecule has 3 atom stereocenters. The van der Waals surface area contributed by atoms with Crippen molar-refractivity contribution in [2.24, 2.45) is 5.92 Å². The first-order chi connectivity index (χ1) is 15.2. The van der Waals surface area contributed by atoms with E-state index in [0.717, 1.165) is 0 Å². The van der Waals surface area contributed by atoms with E-state index in [1.54, 1.807) is 0 Å². The quantitative estimate of drug-likeness (QED) is 0.204. The van der Waals surface area contributed by atoms with Crippen molar-refractivity contribution >= 4 is 35.4 Å². The number of β-lactam (4-membered cyclic amide) rings is 1. The Hall–Kier alpha value is -3.12. The van der Waals surface area contributed by atoms with Crippen molar-refractivity contribution < 1.29 is 34.3 Å². The van der Waals surface area contributed by atoms with Crippen LogP contribution in [-0.2, 0) is 20.9 Å². The number of allylic oxidation sites excluding steroid dienone is 1. The van der Waals surface area contributed by atoms with E-state index in [-0.39, 0.29) is 29.3 Å². The van der Waals surface area contributed by atoms with Crippen LogP contribution in [0.25, 0.3) is 0 Å². The van der Waals surface area contributed by atoms with Gasteiger partial charge in [-0.2, -0.15) is 0 Å². The first kappa shape index (κ1) is 23.5. The van der Waals surface area contributed by atoms with Crippen molar-refractivity contribution in [3.05, 3.63) is 50.5 Å². The number of hydrogen-bond acceptors (Lipinski definition) is 8. The number of aliphatic hydroxyl groups is 1. The molecule has 3 N–H and O–H groups in total. The Bertz CT molecular complexity index is 947. The third kappa shape index (κ3) is 5.02. The molecule has 3 rings (SSSR count). The number of thioether (sulfide) groups is 1. The Morgan fingerprint density at radius 1 is 1.31 bits per heavy atom. The summed E-state index contributed by atoms with van der Waals surface area (Å²) in [5.41, 5.74) is 0.555. The molecule has 1 fully saturated rings. The SMILES string of the molecule is CC(O)C1C(=O)N2C(C(=O)O)=C(CCCCNC(=O)OCc3ccc([N+](=O)[O-])cc3)S[C@H]12. The molecule has 1 saturated heterocycles. The van der Waals surface area contributed by atoms with Crippen molar-refractivity contribution in [1.82, 2.24) is 10.2 Å². The molecule has 172 valence electrons. The minimum absolute atomic E-state index is 0.0163. The summed E-state index contributed by atoms with van der Waals surface area (Å²) in [7, 11) is 0. The molecule has 2 amide bonds. The number of amides is 2. The van der Waals surface area contributed by atoms with Crippen LogP contribution in [0, 0.1) is 16.0 Å². The van der Waals surface area contributed by atoms with Gasteiger partial charge < -0.3 is 20.3 Å². The van der Waals surface area contributed by atoms with Crippen LogP contribution in [-0.4, -0.2) is 56.0 Å². The number of alkyl carbamates (subject to hydrolysis) is 1. The van der Waals surface area contributed by atoms with Crippen LogP contribution in [0.4, 0.5) is 10.5 Å². The molecule has 0 aromatic heterocycles. The van der Waals surface area contributed by atoms with Crippen LogP contribution in [0.3, 0.4) is 0 Å². The van der Waals surface area contributed by atoms with E-state index >= 15 is 0 Å². The van der Waals surface area contributed by atoms with Crippen LogP contribution >= 0.6 is 11.8 Å². The second-order valence-corrected chi connectivity index (χ2v) is 8.66. The number of benzene rings is 1. The normalized spacial score (nSPS) is 20.4.